The van der Waals surface area contributed by atoms with Crippen molar-refractivity contribution in [1.29, 1.82) is 0 Å². The Kier molecular flexibility index (Phi) is 5.08. The monoisotopic (exact) mass is 264 g/mol. The van der Waals surface area contributed by atoms with Gasteiger partial charge in [-0.15, -0.1) is 0 Å². The fourth-order valence-electron chi connectivity index (χ4n) is 4.07. The van der Waals surface area contributed by atoms with Gasteiger partial charge in [0.05, 0.1) is 0 Å². The van der Waals surface area contributed by atoms with Crippen LogP contribution in [-0.2, 0) is 0 Å². The van der Waals surface area contributed by atoms with Crippen LogP contribution in [-0.4, -0.2) is 47.6 Å². The van der Waals surface area contributed by atoms with Gasteiger partial charge in [-0.05, 0) is 85.1 Å². The average molecular weight is 264 g/mol. The van der Waals surface area contributed by atoms with E-state index in [-0.39, 0.29) is 5.54 Å². The van der Waals surface area contributed by atoms with Gasteiger partial charge < -0.3 is 0 Å². The Bertz CT molecular complexity index is 307. The first-order chi connectivity index (χ1) is 9.07. The number of hydrogen-bond donors (Lipinski definition) is 0. The molecule has 2 heterocycles. The predicted molar refractivity (Wildman–Crippen MR) is 83.5 cm³/mol. The van der Waals surface area contributed by atoms with Crippen LogP contribution >= 0.6 is 0 Å². The highest BCUT2D eigenvalue weighted by Crippen LogP contribution is 2.32. The van der Waals surface area contributed by atoms with Crippen molar-refractivity contribution < 1.29 is 0 Å². The Hall–Kier alpha value is -0.340. The maximum atomic E-state index is 2.71. The topological polar surface area (TPSA) is 6.48 Å². The van der Waals surface area contributed by atoms with E-state index < -0.39 is 0 Å². The van der Waals surface area contributed by atoms with E-state index in [2.05, 4.69) is 43.6 Å². The van der Waals surface area contributed by atoms with E-state index in [4.69, 9.17) is 0 Å². The molecule has 0 spiro atoms. The van der Waals surface area contributed by atoms with Crippen LogP contribution in [0.5, 0.6) is 0 Å². The van der Waals surface area contributed by atoms with E-state index in [1.54, 1.807) is 5.57 Å². The zero-order valence-corrected chi connectivity index (χ0v) is 13.4. The van der Waals surface area contributed by atoms with Gasteiger partial charge in [0.2, 0.25) is 0 Å². The smallest absolute Gasteiger partial charge is 0.0379 e. The summed E-state index contributed by atoms with van der Waals surface area (Å²) in [4.78, 5) is 5.37. The molecular formula is C17H32N2. The van der Waals surface area contributed by atoms with Gasteiger partial charge in [-0.2, -0.15) is 0 Å². The Morgan fingerprint density at radius 3 is 2.00 bits per heavy atom. The van der Waals surface area contributed by atoms with Crippen molar-refractivity contribution in [3.63, 3.8) is 0 Å². The SMILES string of the molecule is C/C=C(\C(C)N1CCCC1)C(C)(C)N1CCCCC1. The molecule has 0 N–H and O–H groups in total. The number of nitrogens with zero attached hydrogens (tertiary/aromatic N) is 2. The molecule has 0 saturated carbocycles. The summed E-state index contributed by atoms with van der Waals surface area (Å²) in [5.41, 5.74) is 1.84. The molecule has 0 aromatic carbocycles. The molecule has 0 radical (unpaired) electrons. The highest BCUT2D eigenvalue weighted by Gasteiger charge is 2.35. The van der Waals surface area contributed by atoms with Crippen LogP contribution in [0.2, 0.25) is 0 Å². The van der Waals surface area contributed by atoms with Crippen molar-refractivity contribution >= 4 is 0 Å². The van der Waals surface area contributed by atoms with Gasteiger partial charge in [0.15, 0.2) is 0 Å². The molecule has 2 fully saturated rings. The first-order valence-corrected chi connectivity index (χ1v) is 8.23. The molecule has 0 aromatic heterocycles. The van der Waals surface area contributed by atoms with Gasteiger partial charge in [0.1, 0.15) is 0 Å². The lowest BCUT2D eigenvalue weighted by atomic mass is 9.85. The summed E-state index contributed by atoms with van der Waals surface area (Å²) < 4.78 is 0. The lowest BCUT2D eigenvalue weighted by Crippen LogP contribution is -2.52. The van der Waals surface area contributed by atoms with Crippen LogP contribution in [0.3, 0.4) is 0 Å². The maximum absolute atomic E-state index is 2.71. The molecule has 2 rings (SSSR count). The highest BCUT2D eigenvalue weighted by atomic mass is 15.2. The lowest BCUT2D eigenvalue weighted by molar-refractivity contribution is 0.107. The molecule has 2 nitrogen and oxygen atoms in total. The Labute approximate surface area is 119 Å². The van der Waals surface area contributed by atoms with E-state index in [9.17, 15) is 0 Å². The Balaban J connectivity index is 2.10. The highest BCUT2D eigenvalue weighted by molar-refractivity contribution is 5.23. The van der Waals surface area contributed by atoms with Crippen LogP contribution in [0.15, 0.2) is 11.6 Å². The second-order valence-electron chi connectivity index (χ2n) is 6.77. The maximum Gasteiger partial charge on any atom is 0.0379 e. The molecule has 1 atom stereocenters. The summed E-state index contributed by atoms with van der Waals surface area (Å²) in [6.07, 6.45) is 9.31. The van der Waals surface area contributed by atoms with Gasteiger partial charge in [-0.3, -0.25) is 9.80 Å². The number of allylic oxidation sites excluding steroid dienone is 1. The third-order valence-electron chi connectivity index (χ3n) is 5.30. The van der Waals surface area contributed by atoms with Gasteiger partial charge in [0.25, 0.3) is 0 Å². The van der Waals surface area contributed by atoms with E-state index in [0.29, 0.717) is 6.04 Å². The van der Waals surface area contributed by atoms with Gasteiger partial charge in [-0.1, -0.05) is 12.5 Å². The second kappa shape index (κ2) is 6.41. The summed E-state index contributed by atoms with van der Waals surface area (Å²) in [7, 11) is 0. The van der Waals surface area contributed by atoms with Crippen molar-refractivity contribution in [2.75, 3.05) is 26.2 Å². The molecule has 0 aliphatic carbocycles. The summed E-state index contributed by atoms with van der Waals surface area (Å²) in [5.74, 6) is 0. The minimum absolute atomic E-state index is 0.219. The Morgan fingerprint density at radius 2 is 1.47 bits per heavy atom. The first kappa shape index (κ1) is 15.1. The first-order valence-electron chi connectivity index (χ1n) is 8.23. The number of likely N-dealkylation sites (tertiary alicyclic amines) is 2. The van der Waals surface area contributed by atoms with Crippen molar-refractivity contribution in [2.45, 2.75) is 71.4 Å². The summed E-state index contributed by atoms with van der Waals surface area (Å²) in [5, 5.41) is 0. The molecule has 0 aromatic rings. The van der Waals surface area contributed by atoms with Gasteiger partial charge >= 0.3 is 0 Å². The van der Waals surface area contributed by atoms with E-state index >= 15 is 0 Å². The molecule has 2 aliphatic heterocycles. The van der Waals surface area contributed by atoms with E-state index in [0.717, 1.165) is 0 Å². The molecule has 2 saturated heterocycles. The number of piperidine rings is 1. The van der Waals surface area contributed by atoms with Gasteiger partial charge in [-0.25, -0.2) is 0 Å². The van der Waals surface area contributed by atoms with E-state index in [1.165, 1.54) is 58.3 Å². The zero-order valence-electron chi connectivity index (χ0n) is 13.4. The predicted octanol–water partition coefficient (Wildman–Crippen LogP) is 3.68. The van der Waals surface area contributed by atoms with Crippen molar-refractivity contribution in [3.05, 3.63) is 11.6 Å². The molecule has 110 valence electrons. The minimum Gasteiger partial charge on any atom is -0.297 e. The molecule has 2 heteroatoms. The molecule has 0 amide bonds. The standard InChI is InChI=1S/C17H32N2/c1-5-16(15(2)18-11-9-10-12-18)17(3,4)19-13-7-6-8-14-19/h5,15H,6-14H2,1-4H3/b16-5+. The third kappa shape index (κ3) is 3.22. The molecule has 19 heavy (non-hydrogen) atoms. The number of rotatable bonds is 4. The quantitative estimate of drug-likeness (QED) is 0.715. The van der Waals surface area contributed by atoms with Crippen LogP contribution in [0.25, 0.3) is 0 Å². The zero-order chi connectivity index (χ0) is 13.9. The third-order valence-corrected chi connectivity index (χ3v) is 5.30. The summed E-state index contributed by atoms with van der Waals surface area (Å²) >= 11 is 0. The van der Waals surface area contributed by atoms with Gasteiger partial charge in [0, 0.05) is 11.6 Å². The van der Waals surface area contributed by atoms with Crippen molar-refractivity contribution in [2.24, 2.45) is 0 Å². The molecule has 2 aliphatic rings. The molecule has 0 bridgehead atoms. The second-order valence-corrected chi connectivity index (χ2v) is 6.77. The van der Waals surface area contributed by atoms with Crippen LogP contribution in [0, 0.1) is 0 Å². The normalized spacial score (nSPS) is 25.8. The van der Waals surface area contributed by atoms with Crippen LogP contribution in [0.1, 0.15) is 59.8 Å². The van der Waals surface area contributed by atoms with Crippen LogP contribution in [0.4, 0.5) is 0 Å². The molecular weight excluding hydrogens is 232 g/mol. The largest absolute Gasteiger partial charge is 0.297 e. The average Bonchev–Trinajstić information content (AvgIpc) is 2.94. The fourth-order valence-corrected chi connectivity index (χ4v) is 4.07. The van der Waals surface area contributed by atoms with Crippen molar-refractivity contribution in [1.82, 2.24) is 9.80 Å². The summed E-state index contributed by atoms with van der Waals surface area (Å²) in [6.45, 7) is 14.6. The summed E-state index contributed by atoms with van der Waals surface area (Å²) in [6, 6.07) is 0.601. The minimum atomic E-state index is 0.219. The Morgan fingerprint density at radius 1 is 0.947 bits per heavy atom. The fraction of sp³-hybridized carbons (Fsp3) is 0.882. The number of hydrogen-bond acceptors (Lipinski definition) is 2. The van der Waals surface area contributed by atoms with Crippen molar-refractivity contribution in [3.8, 4) is 0 Å². The molecule has 1 unspecified atom stereocenters. The van der Waals surface area contributed by atoms with E-state index in [1.807, 2.05) is 0 Å². The van der Waals surface area contributed by atoms with Crippen LogP contribution < -0.4 is 0 Å². The lowest BCUT2D eigenvalue weighted by Gasteiger charge is -2.46.